The van der Waals surface area contributed by atoms with E-state index in [1.165, 1.54) is 11.8 Å². The maximum absolute atomic E-state index is 12.8. The molecule has 0 aliphatic carbocycles. The number of nitrogens with zero attached hydrogens (tertiary/aromatic N) is 2. The molecule has 0 unspecified atom stereocenters. The van der Waals surface area contributed by atoms with Gasteiger partial charge >= 0.3 is 0 Å². The molecule has 3 rings (SSSR count). The van der Waals surface area contributed by atoms with E-state index in [2.05, 4.69) is 28.5 Å². The zero-order valence-electron chi connectivity index (χ0n) is 17.3. The molecule has 0 saturated carbocycles. The van der Waals surface area contributed by atoms with Gasteiger partial charge in [-0.15, -0.1) is 10.2 Å². The van der Waals surface area contributed by atoms with Crippen LogP contribution in [0.5, 0.6) is 0 Å². The lowest BCUT2D eigenvalue weighted by Gasteiger charge is -2.20. The fourth-order valence-electron chi connectivity index (χ4n) is 3.26. The van der Waals surface area contributed by atoms with Gasteiger partial charge in [-0.3, -0.25) is 4.79 Å². The number of benzene rings is 2. The summed E-state index contributed by atoms with van der Waals surface area (Å²) in [4.78, 5) is 12.8. The first-order valence-electron chi connectivity index (χ1n) is 9.90. The van der Waals surface area contributed by atoms with Gasteiger partial charge in [-0.25, -0.2) is 0 Å². The zero-order valence-corrected chi connectivity index (χ0v) is 18.1. The largest absolute Gasteiger partial charge is 0.411 e. The average molecular weight is 410 g/mol. The Morgan fingerprint density at radius 2 is 1.79 bits per heavy atom. The van der Waals surface area contributed by atoms with Crippen molar-refractivity contribution in [2.45, 2.75) is 57.1 Å². The fourth-order valence-corrected chi connectivity index (χ4v) is 3.95. The quantitative estimate of drug-likeness (QED) is 0.498. The Morgan fingerprint density at radius 3 is 2.45 bits per heavy atom. The molecule has 6 heteroatoms. The molecule has 0 radical (unpaired) electrons. The van der Waals surface area contributed by atoms with E-state index in [9.17, 15) is 4.79 Å². The predicted octanol–water partition coefficient (Wildman–Crippen LogP) is 5.49. The highest BCUT2D eigenvalue weighted by Gasteiger charge is 2.22. The molecule has 0 aliphatic rings. The average Bonchev–Trinajstić information content (AvgIpc) is 3.16. The monoisotopic (exact) mass is 409 g/mol. The molecule has 152 valence electrons. The lowest BCUT2D eigenvalue weighted by molar-refractivity contribution is -0.121. The summed E-state index contributed by atoms with van der Waals surface area (Å²) in [5.74, 6) is 0.434. The van der Waals surface area contributed by atoms with Gasteiger partial charge in [-0.1, -0.05) is 72.6 Å². The van der Waals surface area contributed by atoms with Crippen molar-refractivity contribution in [3.8, 4) is 11.5 Å². The first-order chi connectivity index (χ1) is 14.0. The SMILES string of the molecule is CCC[C@H](NC(=O)[C@@H](C)Sc1nnc(-c2cc(C)cc(C)c2)o1)c1ccccc1. The van der Waals surface area contributed by atoms with Gasteiger partial charge < -0.3 is 9.73 Å². The topological polar surface area (TPSA) is 68.0 Å². The molecule has 1 aromatic heterocycles. The normalized spacial score (nSPS) is 13.1. The number of carbonyl (C=O) groups excluding carboxylic acids is 1. The number of hydrogen-bond acceptors (Lipinski definition) is 5. The Bertz CT molecular complexity index is 936. The van der Waals surface area contributed by atoms with Crippen LogP contribution in [0.4, 0.5) is 0 Å². The second-order valence-corrected chi connectivity index (χ2v) is 8.56. The van der Waals surface area contributed by atoms with E-state index in [4.69, 9.17) is 4.42 Å². The highest BCUT2D eigenvalue weighted by molar-refractivity contribution is 8.00. The third-order valence-electron chi connectivity index (χ3n) is 4.62. The Labute approximate surface area is 176 Å². The van der Waals surface area contributed by atoms with Crippen LogP contribution in [0.2, 0.25) is 0 Å². The van der Waals surface area contributed by atoms with Crippen molar-refractivity contribution in [3.63, 3.8) is 0 Å². The minimum Gasteiger partial charge on any atom is -0.411 e. The summed E-state index contributed by atoms with van der Waals surface area (Å²) in [6.45, 7) is 8.05. The number of rotatable bonds is 8. The van der Waals surface area contributed by atoms with Crippen molar-refractivity contribution in [2.24, 2.45) is 0 Å². The molecule has 0 fully saturated rings. The van der Waals surface area contributed by atoms with Crippen LogP contribution in [0, 0.1) is 13.8 Å². The molecule has 5 nitrogen and oxygen atoms in total. The Balaban J connectivity index is 1.66. The van der Waals surface area contributed by atoms with Gasteiger partial charge in [0, 0.05) is 5.56 Å². The highest BCUT2D eigenvalue weighted by Crippen LogP contribution is 2.28. The van der Waals surface area contributed by atoms with Crippen LogP contribution in [0.3, 0.4) is 0 Å². The van der Waals surface area contributed by atoms with Crippen LogP contribution in [0.15, 0.2) is 58.2 Å². The summed E-state index contributed by atoms with van der Waals surface area (Å²) in [7, 11) is 0. The van der Waals surface area contributed by atoms with Crippen molar-refractivity contribution < 1.29 is 9.21 Å². The third kappa shape index (κ3) is 5.70. The summed E-state index contributed by atoms with van der Waals surface area (Å²) in [5, 5.41) is 11.5. The van der Waals surface area contributed by atoms with E-state index in [1.807, 2.05) is 63.2 Å². The van der Waals surface area contributed by atoms with E-state index in [0.29, 0.717) is 11.1 Å². The van der Waals surface area contributed by atoms with Crippen LogP contribution < -0.4 is 5.32 Å². The van der Waals surface area contributed by atoms with Gasteiger partial charge in [-0.05, 0) is 44.9 Å². The Hall–Kier alpha value is -2.60. The number of thioether (sulfide) groups is 1. The minimum absolute atomic E-state index is 0.00488. The van der Waals surface area contributed by atoms with Gasteiger partial charge in [0.2, 0.25) is 11.8 Å². The van der Waals surface area contributed by atoms with Gasteiger partial charge in [0.15, 0.2) is 0 Å². The zero-order chi connectivity index (χ0) is 20.8. The molecule has 0 aliphatic heterocycles. The second-order valence-electron chi connectivity index (χ2n) is 7.27. The lowest BCUT2D eigenvalue weighted by Crippen LogP contribution is -2.34. The van der Waals surface area contributed by atoms with E-state index >= 15 is 0 Å². The summed E-state index contributed by atoms with van der Waals surface area (Å²) in [5.41, 5.74) is 4.30. The number of nitrogens with one attached hydrogen (secondary N) is 1. The maximum atomic E-state index is 12.8. The van der Waals surface area contributed by atoms with Crippen LogP contribution in [-0.4, -0.2) is 21.4 Å². The molecule has 1 amide bonds. The number of carbonyl (C=O) groups is 1. The first-order valence-corrected chi connectivity index (χ1v) is 10.8. The van der Waals surface area contributed by atoms with Gasteiger partial charge in [0.05, 0.1) is 11.3 Å². The van der Waals surface area contributed by atoms with Gasteiger partial charge in [0.25, 0.3) is 5.22 Å². The molecule has 0 spiro atoms. The van der Waals surface area contributed by atoms with Crippen LogP contribution >= 0.6 is 11.8 Å². The molecule has 2 aromatic carbocycles. The highest BCUT2D eigenvalue weighted by atomic mass is 32.2. The number of aromatic nitrogens is 2. The lowest BCUT2D eigenvalue weighted by atomic mass is 10.0. The second kappa shape index (κ2) is 9.74. The maximum Gasteiger partial charge on any atom is 0.277 e. The summed E-state index contributed by atoms with van der Waals surface area (Å²) < 4.78 is 5.80. The summed E-state index contributed by atoms with van der Waals surface area (Å²) >= 11 is 1.28. The van der Waals surface area contributed by atoms with E-state index in [1.54, 1.807) is 0 Å². The third-order valence-corrected chi connectivity index (χ3v) is 5.55. The van der Waals surface area contributed by atoms with Crippen molar-refractivity contribution in [1.29, 1.82) is 0 Å². The van der Waals surface area contributed by atoms with Crippen molar-refractivity contribution in [2.75, 3.05) is 0 Å². The molecule has 0 bridgehead atoms. The fraction of sp³-hybridized carbons (Fsp3) is 0.348. The molecule has 2 atom stereocenters. The van der Waals surface area contributed by atoms with Gasteiger partial charge in [-0.2, -0.15) is 0 Å². The molecule has 1 heterocycles. The van der Waals surface area contributed by atoms with Crippen LogP contribution in [-0.2, 0) is 4.79 Å². The molecular weight excluding hydrogens is 382 g/mol. The molecule has 3 aromatic rings. The Morgan fingerprint density at radius 1 is 1.10 bits per heavy atom. The predicted molar refractivity (Wildman–Crippen MR) is 117 cm³/mol. The van der Waals surface area contributed by atoms with Crippen molar-refractivity contribution in [1.82, 2.24) is 15.5 Å². The minimum atomic E-state index is -0.342. The van der Waals surface area contributed by atoms with E-state index in [0.717, 1.165) is 35.1 Å². The van der Waals surface area contributed by atoms with Crippen molar-refractivity contribution in [3.05, 3.63) is 65.2 Å². The number of aryl methyl sites for hydroxylation is 2. The van der Waals surface area contributed by atoms with E-state index in [-0.39, 0.29) is 17.2 Å². The summed E-state index contributed by atoms with van der Waals surface area (Å²) in [6, 6.07) is 16.2. The number of amides is 1. The molecular formula is C23H27N3O2S. The smallest absolute Gasteiger partial charge is 0.277 e. The van der Waals surface area contributed by atoms with Crippen LogP contribution in [0.1, 0.15) is 49.4 Å². The van der Waals surface area contributed by atoms with Crippen LogP contribution in [0.25, 0.3) is 11.5 Å². The molecule has 1 N–H and O–H groups in total. The first kappa shape index (κ1) is 21.1. The molecule has 29 heavy (non-hydrogen) atoms. The van der Waals surface area contributed by atoms with Gasteiger partial charge in [0.1, 0.15) is 0 Å². The summed E-state index contributed by atoms with van der Waals surface area (Å²) in [6.07, 6.45) is 1.88. The molecule has 0 saturated heterocycles. The van der Waals surface area contributed by atoms with Crippen molar-refractivity contribution >= 4 is 17.7 Å². The number of hydrogen-bond donors (Lipinski definition) is 1. The van der Waals surface area contributed by atoms with E-state index < -0.39 is 0 Å². The Kier molecular flexibility index (Phi) is 7.09. The standard InChI is InChI=1S/C23H27N3O2S/c1-5-9-20(18-10-7-6-8-11-18)24-21(27)17(4)29-23-26-25-22(28-23)19-13-15(2)12-16(3)14-19/h6-8,10-14,17,20H,5,9H2,1-4H3,(H,24,27)/t17-,20+/m1/s1.